The molecule has 0 fully saturated rings. The average Bonchev–Trinajstić information content (AvgIpc) is 3.07. The summed E-state index contributed by atoms with van der Waals surface area (Å²) in [7, 11) is -2.15. The first kappa shape index (κ1) is 37.8. The normalized spacial score (nSPS) is 13.0. The number of nitrogens with one attached hydrogen (secondary N) is 1. The van der Waals surface area contributed by atoms with Gasteiger partial charge in [0.25, 0.3) is 0 Å². The summed E-state index contributed by atoms with van der Waals surface area (Å²) >= 11 is 0. The van der Waals surface area contributed by atoms with Crippen molar-refractivity contribution in [2.75, 3.05) is 6.54 Å². The van der Waals surface area contributed by atoms with Crippen LogP contribution in [0.3, 0.4) is 0 Å². The Balaban J connectivity index is 1.44. The van der Waals surface area contributed by atoms with Crippen molar-refractivity contribution in [3.05, 3.63) is 143 Å². The summed E-state index contributed by atoms with van der Waals surface area (Å²) in [6.07, 6.45) is 3.83. The Bertz CT molecular complexity index is 1660. The van der Waals surface area contributed by atoms with Gasteiger partial charge in [-0.3, -0.25) is 0 Å². The molecule has 0 saturated carbocycles. The summed E-state index contributed by atoms with van der Waals surface area (Å²) in [5.74, 6) is 0.303. The van der Waals surface area contributed by atoms with E-state index in [0.717, 1.165) is 39.8 Å². The van der Waals surface area contributed by atoms with Crippen LogP contribution < -0.4 is 10.1 Å². The van der Waals surface area contributed by atoms with Crippen molar-refractivity contribution in [3.8, 4) is 5.75 Å². The van der Waals surface area contributed by atoms with Crippen LogP contribution in [0.1, 0.15) is 74.1 Å². The van der Waals surface area contributed by atoms with Crippen molar-refractivity contribution in [1.29, 1.82) is 0 Å². The van der Waals surface area contributed by atoms with E-state index in [1.165, 1.54) is 6.08 Å². The van der Waals surface area contributed by atoms with Gasteiger partial charge in [-0.25, -0.2) is 4.79 Å². The first-order chi connectivity index (χ1) is 23.2. The van der Waals surface area contributed by atoms with E-state index in [0.29, 0.717) is 18.9 Å². The second-order valence-corrected chi connectivity index (χ2v) is 19.5. The Hall–Kier alpha value is -4.01. The van der Waals surface area contributed by atoms with E-state index in [2.05, 4.69) is 71.2 Å². The number of benzene rings is 4. The molecule has 0 aromatic heterocycles. The van der Waals surface area contributed by atoms with Gasteiger partial charge in [0.15, 0.2) is 8.32 Å². The maximum atomic E-state index is 12.3. The summed E-state index contributed by atoms with van der Waals surface area (Å²) in [5, 5.41) is 14.1. The second kappa shape index (κ2) is 17.1. The molecule has 7 heteroatoms. The molecule has 0 spiro atoms. The molecule has 0 aliphatic heterocycles. The lowest BCUT2D eigenvalue weighted by Gasteiger charge is -2.40. The van der Waals surface area contributed by atoms with Gasteiger partial charge in [0.05, 0.1) is 12.7 Å². The van der Waals surface area contributed by atoms with Crippen LogP contribution in [0.15, 0.2) is 109 Å². The molecule has 0 aliphatic carbocycles. The molecule has 4 rings (SSSR count). The number of hydrogen-bond acceptors (Lipinski definition) is 6. The van der Waals surface area contributed by atoms with Crippen LogP contribution in [0.25, 0.3) is 6.08 Å². The van der Waals surface area contributed by atoms with Crippen molar-refractivity contribution in [3.63, 3.8) is 0 Å². The Labute approximate surface area is 294 Å². The highest BCUT2D eigenvalue weighted by Crippen LogP contribution is 2.40. The molecule has 4 aromatic carbocycles. The van der Waals surface area contributed by atoms with Gasteiger partial charge in [-0.15, -0.1) is 0 Å². The van der Waals surface area contributed by atoms with Crippen LogP contribution in [0.2, 0.25) is 18.1 Å². The third-order valence-corrected chi connectivity index (χ3v) is 13.6. The summed E-state index contributed by atoms with van der Waals surface area (Å²) in [6.45, 7) is 16.8. The Kier molecular flexibility index (Phi) is 13.2. The van der Waals surface area contributed by atoms with Gasteiger partial charge in [0, 0.05) is 23.7 Å². The van der Waals surface area contributed by atoms with Gasteiger partial charge in [0.2, 0.25) is 0 Å². The summed E-state index contributed by atoms with van der Waals surface area (Å²) in [6, 6.07) is 33.9. The van der Waals surface area contributed by atoms with E-state index in [4.69, 9.17) is 13.9 Å². The standard InChI is InChI=1S/C42H53NO5Si/c1-41(2,3)49(6,7)48-39(36-22-23-38(37(26-36)29-44)46-30-33-15-10-8-11-16-33)28-43-42(4,5)27-35-20-14-19-32(25-35)21-24-40(45)47-31-34-17-12-9-13-18-34/h8-26,39,43-44H,27-31H2,1-7H3. The third kappa shape index (κ3) is 11.8. The van der Waals surface area contributed by atoms with Crippen LogP contribution in [-0.2, 0) is 40.2 Å². The largest absolute Gasteiger partial charge is 0.489 e. The van der Waals surface area contributed by atoms with Gasteiger partial charge in [0.1, 0.15) is 19.0 Å². The quantitative estimate of drug-likeness (QED) is 0.0699. The monoisotopic (exact) mass is 679 g/mol. The van der Waals surface area contributed by atoms with Gasteiger partial charge in [-0.1, -0.05) is 112 Å². The number of rotatable bonds is 16. The highest BCUT2D eigenvalue weighted by Gasteiger charge is 2.40. The zero-order chi connectivity index (χ0) is 35.5. The Morgan fingerprint density at radius 2 is 1.45 bits per heavy atom. The van der Waals surface area contributed by atoms with Crippen LogP contribution in [0, 0.1) is 0 Å². The maximum Gasteiger partial charge on any atom is 0.331 e. The van der Waals surface area contributed by atoms with Gasteiger partial charge in [-0.2, -0.15) is 0 Å². The van der Waals surface area contributed by atoms with Gasteiger partial charge < -0.3 is 24.3 Å². The smallest absolute Gasteiger partial charge is 0.331 e. The van der Waals surface area contributed by atoms with Crippen LogP contribution in [-0.4, -0.2) is 31.5 Å². The lowest BCUT2D eigenvalue weighted by atomic mass is 9.93. The fourth-order valence-electron chi connectivity index (χ4n) is 5.25. The molecular formula is C42H53NO5Si. The van der Waals surface area contributed by atoms with Gasteiger partial charge >= 0.3 is 5.97 Å². The van der Waals surface area contributed by atoms with E-state index < -0.39 is 8.32 Å². The minimum absolute atomic E-state index is 0.0290. The lowest BCUT2D eigenvalue weighted by molar-refractivity contribution is -0.138. The van der Waals surface area contributed by atoms with Crippen molar-refractivity contribution in [2.24, 2.45) is 0 Å². The van der Waals surface area contributed by atoms with Crippen LogP contribution >= 0.6 is 0 Å². The topological polar surface area (TPSA) is 77.0 Å². The maximum absolute atomic E-state index is 12.3. The first-order valence-corrected chi connectivity index (χ1v) is 20.0. The van der Waals surface area contributed by atoms with Crippen molar-refractivity contribution >= 4 is 20.4 Å². The number of ether oxygens (including phenoxy) is 2. The minimum atomic E-state index is -2.15. The van der Waals surface area contributed by atoms with Crippen molar-refractivity contribution in [2.45, 2.75) is 90.6 Å². The van der Waals surface area contributed by atoms with E-state index in [1.807, 2.05) is 84.9 Å². The second-order valence-electron chi connectivity index (χ2n) is 14.8. The first-order valence-electron chi connectivity index (χ1n) is 17.1. The number of carbonyl (C=O) groups excluding carboxylic acids is 1. The number of aliphatic hydroxyl groups excluding tert-OH is 1. The van der Waals surface area contributed by atoms with Crippen molar-refractivity contribution in [1.82, 2.24) is 5.32 Å². The number of carbonyl (C=O) groups is 1. The third-order valence-electron chi connectivity index (χ3n) is 9.11. The van der Waals surface area contributed by atoms with E-state index >= 15 is 0 Å². The summed E-state index contributed by atoms with van der Waals surface area (Å²) in [4.78, 5) is 12.3. The number of aliphatic hydroxyl groups is 1. The number of esters is 1. The van der Waals surface area contributed by atoms with E-state index in [1.54, 1.807) is 6.08 Å². The molecule has 49 heavy (non-hydrogen) atoms. The molecule has 1 atom stereocenters. The summed E-state index contributed by atoms with van der Waals surface area (Å²) < 4.78 is 18.5. The van der Waals surface area contributed by atoms with Gasteiger partial charge in [-0.05, 0) is 84.4 Å². The zero-order valence-electron chi connectivity index (χ0n) is 30.2. The molecule has 0 aliphatic rings. The van der Waals surface area contributed by atoms with E-state index in [-0.39, 0.29) is 35.9 Å². The molecule has 0 heterocycles. The molecule has 4 aromatic rings. The zero-order valence-corrected chi connectivity index (χ0v) is 31.2. The molecule has 0 saturated heterocycles. The molecule has 2 N–H and O–H groups in total. The fourth-order valence-corrected chi connectivity index (χ4v) is 6.53. The highest BCUT2D eigenvalue weighted by atomic mass is 28.4. The molecule has 1 unspecified atom stereocenters. The molecule has 260 valence electrons. The van der Waals surface area contributed by atoms with E-state index in [9.17, 15) is 9.90 Å². The number of hydrogen-bond donors (Lipinski definition) is 2. The molecule has 6 nitrogen and oxygen atoms in total. The Morgan fingerprint density at radius 3 is 2.08 bits per heavy atom. The van der Waals surface area contributed by atoms with Crippen molar-refractivity contribution < 1.29 is 23.8 Å². The average molecular weight is 680 g/mol. The minimum Gasteiger partial charge on any atom is -0.489 e. The SMILES string of the molecule is CC(C)(Cc1cccc(C=CC(=O)OCc2ccccc2)c1)NCC(O[Si](C)(C)C(C)(C)C)c1ccc(OCc2ccccc2)c(CO)c1. The molecule has 0 bridgehead atoms. The molecule has 0 amide bonds. The Morgan fingerprint density at radius 1 is 0.816 bits per heavy atom. The lowest BCUT2D eigenvalue weighted by Crippen LogP contribution is -2.47. The predicted molar refractivity (Wildman–Crippen MR) is 202 cm³/mol. The molecule has 0 radical (unpaired) electrons. The highest BCUT2D eigenvalue weighted by molar-refractivity contribution is 6.74. The summed E-state index contributed by atoms with van der Waals surface area (Å²) in [5.41, 5.74) is 5.61. The fraction of sp³-hybridized carbons (Fsp3) is 0.357. The van der Waals surface area contributed by atoms with Crippen LogP contribution in [0.5, 0.6) is 5.75 Å². The van der Waals surface area contributed by atoms with Crippen LogP contribution in [0.4, 0.5) is 0 Å². The predicted octanol–water partition coefficient (Wildman–Crippen LogP) is 9.19. The molecular weight excluding hydrogens is 627 g/mol.